The van der Waals surface area contributed by atoms with Crippen LogP contribution in [0, 0.1) is 0 Å². The maximum absolute atomic E-state index is 11.8. The van der Waals surface area contributed by atoms with Gasteiger partial charge in [-0.15, -0.1) is 0 Å². The highest BCUT2D eigenvalue weighted by molar-refractivity contribution is 5.75. The molecular formula is C10H10FNO3. The fourth-order valence-corrected chi connectivity index (χ4v) is 1.18. The Morgan fingerprint density at radius 2 is 2.33 bits per heavy atom. The quantitative estimate of drug-likeness (QED) is 0.739. The zero-order chi connectivity index (χ0) is 11.3. The van der Waals surface area contributed by atoms with Crippen molar-refractivity contribution in [1.29, 1.82) is 0 Å². The van der Waals surface area contributed by atoms with E-state index in [1.165, 1.54) is 12.1 Å². The van der Waals surface area contributed by atoms with Crippen LogP contribution in [-0.4, -0.2) is 28.7 Å². The molecule has 0 saturated heterocycles. The summed E-state index contributed by atoms with van der Waals surface area (Å²) < 4.78 is 11.8. The normalized spacial score (nSPS) is 12.9. The topological polar surface area (TPSA) is 69.9 Å². The van der Waals surface area contributed by atoms with Gasteiger partial charge in [0.05, 0.1) is 0 Å². The van der Waals surface area contributed by atoms with E-state index >= 15 is 0 Å². The molecule has 5 heteroatoms. The third kappa shape index (κ3) is 3.38. The van der Waals surface area contributed by atoms with Crippen molar-refractivity contribution in [3.8, 4) is 5.75 Å². The van der Waals surface area contributed by atoms with Crippen molar-refractivity contribution < 1.29 is 19.4 Å². The summed E-state index contributed by atoms with van der Waals surface area (Å²) in [5.41, 5.74) is 0.591. The van der Waals surface area contributed by atoms with E-state index in [1.807, 2.05) is 0 Å². The van der Waals surface area contributed by atoms with Gasteiger partial charge in [0, 0.05) is 6.42 Å². The van der Waals surface area contributed by atoms with Crippen LogP contribution in [0.15, 0.2) is 29.3 Å². The van der Waals surface area contributed by atoms with Gasteiger partial charge in [0.1, 0.15) is 5.75 Å². The minimum atomic E-state index is -1.20. The minimum Gasteiger partial charge on any atom is -0.508 e. The highest BCUT2D eigenvalue weighted by Crippen LogP contribution is 2.13. The molecule has 0 aliphatic carbocycles. The maximum Gasteiger partial charge on any atom is 0.328 e. The Morgan fingerprint density at radius 3 is 2.87 bits per heavy atom. The largest absolute Gasteiger partial charge is 0.508 e. The first-order valence-electron chi connectivity index (χ1n) is 4.26. The molecule has 0 radical (unpaired) electrons. The van der Waals surface area contributed by atoms with E-state index in [4.69, 9.17) is 10.2 Å². The summed E-state index contributed by atoms with van der Waals surface area (Å²) in [6, 6.07) is 4.96. The predicted octanol–water partition coefficient (Wildman–Crippen LogP) is 1.39. The molecule has 0 unspecified atom stereocenters. The zero-order valence-corrected chi connectivity index (χ0v) is 7.80. The fraction of sp³-hybridized carbons (Fsp3) is 0.200. The number of phenolic OH excluding ortho intramolecular Hbond substituents is 1. The summed E-state index contributed by atoms with van der Waals surface area (Å²) >= 11 is 0. The molecule has 80 valence electrons. The third-order valence-electron chi connectivity index (χ3n) is 1.86. The molecule has 0 aromatic heterocycles. The number of aromatic hydroxyl groups is 1. The molecule has 0 aliphatic rings. The molecular weight excluding hydrogens is 201 g/mol. The van der Waals surface area contributed by atoms with Crippen molar-refractivity contribution in [3.05, 3.63) is 29.8 Å². The van der Waals surface area contributed by atoms with E-state index < -0.39 is 12.0 Å². The first-order valence-corrected chi connectivity index (χ1v) is 4.26. The summed E-state index contributed by atoms with van der Waals surface area (Å²) in [4.78, 5) is 13.8. The number of hydrogen-bond acceptors (Lipinski definition) is 3. The number of hydrogen-bond donors (Lipinski definition) is 2. The fourth-order valence-electron chi connectivity index (χ4n) is 1.18. The first-order chi connectivity index (χ1) is 7.13. The Bertz CT molecular complexity index is 379. The number of carboxylic acid groups (broad SMARTS) is 1. The number of benzene rings is 1. The molecule has 0 heterocycles. The van der Waals surface area contributed by atoms with Crippen LogP contribution in [-0.2, 0) is 11.2 Å². The Hall–Kier alpha value is -1.91. The standard InChI is InChI=1S/C10H10FNO3/c11-6-12-9(10(14)15)5-7-2-1-3-8(13)4-7/h1-4,6,9,13H,5H2,(H,14,15)/t9-/m0/s1. The summed E-state index contributed by atoms with van der Waals surface area (Å²) in [7, 11) is 0. The van der Waals surface area contributed by atoms with Gasteiger partial charge in [-0.2, -0.15) is 4.39 Å². The number of carbonyl (C=O) groups is 1. The molecule has 1 rings (SSSR count). The smallest absolute Gasteiger partial charge is 0.328 e. The zero-order valence-electron chi connectivity index (χ0n) is 7.80. The predicted molar refractivity (Wildman–Crippen MR) is 52.8 cm³/mol. The second kappa shape index (κ2) is 5.09. The lowest BCUT2D eigenvalue weighted by Crippen LogP contribution is -2.20. The Kier molecular flexibility index (Phi) is 3.79. The van der Waals surface area contributed by atoms with E-state index in [-0.39, 0.29) is 18.6 Å². The number of phenols is 1. The summed E-state index contributed by atoms with van der Waals surface area (Å²) in [6.07, 6.45) is 0.0458. The second-order valence-corrected chi connectivity index (χ2v) is 2.97. The Balaban J connectivity index is 2.78. The van der Waals surface area contributed by atoms with Gasteiger partial charge in [-0.05, 0) is 17.7 Å². The summed E-state index contributed by atoms with van der Waals surface area (Å²) in [5, 5.41) is 17.8. The van der Waals surface area contributed by atoms with Crippen molar-refractivity contribution in [2.75, 3.05) is 0 Å². The number of halogens is 1. The average molecular weight is 211 g/mol. The molecule has 0 fully saturated rings. The van der Waals surface area contributed by atoms with Crippen molar-refractivity contribution in [1.82, 2.24) is 0 Å². The Labute approximate surface area is 85.7 Å². The summed E-state index contributed by atoms with van der Waals surface area (Å²) in [5.74, 6) is -1.16. The van der Waals surface area contributed by atoms with Crippen LogP contribution >= 0.6 is 0 Å². The van der Waals surface area contributed by atoms with Gasteiger partial charge in [0.15, 0.2) is 12.5 Å². The molecule has 4 nitrogen and oxygen atoms in total. The molecule has 0 amide bonds. The van der Waals surface area contributed by atoms with Crippen LogP contribution in [0.5, 0.6) is 5.75 Å². The number of aliphatic imine (C=N–C) groups is 1. The Morgan fingerprint density at radius 1 is 1.60 bits per heavy atom. The van der Waals surface area contributed by atoms with Crippen molar-refractivity contribution in [2.45, 2.75) is 12.5 Å². The van der Waals surface area contributed by atoms with Crippen molar-refractivity contribution in [2.24, 2.45) is 4.99 Å². The molecule has 1 aromatic rings. The molecule has 15 heavy (non-hydrogen) atoms. The molecule has 0 spiro atoms. The van der Waals surface area contributed by atoms with E-state index in [1.54, 1.807) is 12.1 Å². The highest BCUT2D eigenvalue weighted by atomic mass is 19.1. The van der Waals surface area contributed by atoms with Gasteiger partial charge in [0.25, 0.3) is 0 Å². The maximum atomic E-state index is 11.8. The molecule has 0 saturated carbocycles. The first kappa shape index (κ1) is 11.2. The average Bonchev–Trinajstić information content (AvgIpc) is 2.17. The van der Waals surface area contributed by atoms with E-state index in [9.17, 15) is 9.18 Å². The molecule has 0 aliphatic heterocycles. The van der Waals surface area contributed by atoms with Crippen LogP contribution in [0.3, 0.4) is 0 Å². The van der Waals surface area contributed by atoms with Crippen molar-refractivity contribution >= 4 is 12.4 Å². The van der Waals surface area contributed by atoms with Gasteiger partial charge in [-0.3, -0.25) is 0 Å². The number of nitrogens with zero attached hydrogens (tertiary/aromatic N) is 1. The SMILES string of the molecule is O=C(O)[C@H](Cc1cccc(O)c1)N=CF. The van der Waals surface area contributed by atoms with Gasteiger partial charge >= 0.3 is 5.97 Å². The number of rotatable bonds is 4. The second-order valence-electron chi connectivity index (χ2n) is 2.97. The summed E-state index contributed by atoms with van der Waals surface area (Å²) in [6.45, 7) is -0.0262. The molecule has 1 aromatic carbocycles. The monoisotopic (exact) mass is 211 g/mol. The van der Waals surface area contributed by atoms with E-state index in [0.717, 1.165) is 0 Å². The van der Waals surface area contributed by atoms with Crippen LogP contribution < -0.4 is 0 Å². The van der Waals surface area contributed by atoms with E-state index in [0.29, 0.717) is 5.56 Å². The number of aliphatic carboxylic acids is 1. The molecule has 1 atom stereocenters. The van der Waals surface area contributed by atoms with Crippen LogP contribution in [0.4, 0.5) is 4.39 Å². The third-order valence-corrected chi connectivity index (χ3v) is 1.86. The van der Waals surface area contributed by atoms with Crippen LogP contribution in [0.25, 0.3) is 0 Å². The van der Waals surface area contributed by atoms with Gasteiger partial charge in [-0.25, -0.2) is 9.79 Å². The van der Waals surface area contributed by atoms with Crippen molar-refractivity contribution in [3.63, 3.8) is 0 Å². The number of carboxylic acids is 1. The van der Waals surface area contributed by atoms with E-state index in [2.05, 4.69) is 4.99 Å². The minimum absolute atomic E-state index is 0.0262. The lowest BCUT2D eigenvalue weighted by atomic mass is 10.1. The lowest BCUT2D eigenvalue weighted by molar-refractivity contribution is -0.138. The highest BCUT2D eigenvalue weighted by Gasteiger charge is 2.16. The lowest BCUT2D eigenvalue weighted by Gasteiger charge is -2.06. The van der Waals surface area contributed by atoms with Gasteiger partial charge in [0.2, 0.25) is 0 Å². The molecule has 0 bridgehead atoms. The van der Waals surface area contributed by atoms with Crippen LogP contribution in [0.2, 0.25) is 0 Å². The van der Waals surface area contributed by atoms with Gasteiger partial charge in [-0.1, -0.05) is 12.1 Å². The van der Waals surface area contributed by atoms with Crippen LogP contribution in [0.1, 0.15) is 5.56 Å². The molecule has 2 N–H and O–H groups in total. The van der Waals surface area contributed by atoms with Gasteiger partial charge < -0.3 is 10.2 Å².